The number of rotatable bonds is 6. The maximum absolute atomic E-state index is 10.1. The highest BCUT2D eigenvalue weighted by Gasteiger charge is 2.12. The van der Waals surface area contributed by atoms with E-state index in [4.69, 9.17) is 0 Å². The largest absolute Gasteiger partial charge is 0.388 e. The molecule has 1 atom stereocenters. The third kappa shape index (κ3) is 3.58. The number of likely N-dealkylation sites (N-methyl/N-ethyl adjacent to an activating group) is 1. The first-order valence-electron chi connectivity index (χ1n) is 7.09. The molecule has 2 rings (SSSR count). The van der Waals surface area contributed by atoms with Gasteiger partial charge in [-0.25, -0.2) is 0 Å². The van der Waals surface area contributed by atoms with Crippen LogP contribution in [0, 0.1) is 0 Å². The Morgan fingerprint density at radius 2 is 1.85 bits per heavy atom. The molecular formula is C17H22N2O. The zero-order valence-corrected chi connectivity index (χ0v) is 12.2. The van der Waals surface area contributed by atoms with Gasteiger partial charge in [0.15, 0.2) is 0 Å². The van der Waals surface area contributed by atoms with Crippen LogP contribution >= 0.6 is 0 Å². The summed E-state index contributed by atoms with van der Waals surface area (Å²) in [6.45, 7) is 2.91. The summed E-state index contributed by atoms with van der Waals surface area (Å²) in [7, 11) is 2.07. The fourth-order valence-electron chi connectivity index (χ4n) is 2.30. The molecule has 0 bridgehead atoms. The van der Waals surface area contributed by atoms with E-state index < -0.39 is 6.10 Å². The molecule has 106 valence electrons. The van der Waals surface area contributed by atoms with E-state index in [1.54, 1.807) is 0 Å². The van der Waals surface area contributed by atoms with Crippen molar-refractivity contribution in [2.24, 2.45) is 0 Å². The van der Waals surface area contributed by atoms with Crippen molar-refractivity contribution in [1.82, 2.24) is 4.98 Å². The van der Waals surface area contributed by atoms with Crippen LogP contribution in [0.3, 0.4) is 0 Å². The third-order valence-corrected chi connectivity index (χ3v) is 3.58. The second-order valence-corrected chi connectivity index (χ2v) is 5.01. The molecule has 0 spiro atoms. The van der Waals surface area contributed by atoms with Crippen LogP contribution in [-0.2, 0) is 6.42 Å². The van der Waals surface area contributed by atoms with Crippen LogP contribution < -0.4 is 4.90 Å². The molecule has 0 saturated heterocycles. The number of aromatic nitrogens is 1. The van der Waals surface area contributed by atoms with Gasteiger partial charge in [-0.3, -0.25) is 4.98 Å². The molecule has 0 fully saturated rings. The van der Waals surface area contributed by atoms with Crippen molar-refractivity contribution >= 4 is 5.69 Å². The lowest BCUT2D eigenvalue weighted by Gasteiger charge is -2.24. The summed E-state index contributed by atoms with van der Waals surface area (Å²) >= 11 is 0. The van der Waals surface area contributed by atoms with E-state index in [2.05, 4.69) is 23.0 Å². The van der Waals surface area contributed by atoms with Crippen LogP contribution in [0.4, 0.5) is 5.69 Å². The number of benzene rings is 1. The first-order chi connectivity index (χ1) is 9.72. The Labute approximate surface area is 120 Å². The molecule has 0 saturated carbocycles. The predicted molar refractivity (Wildman–Crippen MR) is 82.9 cm³/mol. The first kappa shape index (κ1) is 14.5. The van der Waals surface area contributed by atoms with Gasteiger partial charge in [-0.1, -0.05) is 25.1 Å². The van der Waals surface area contributed by atoms with Crippen LogP contribution in [-0.4, -0.2) is 23.7 Å². The van der Waals surface area contributed by atoms with Gasteiger partial charge in [0, 0.05) is 37.2 Å². The summed E-state index contributed by atoms with van der Waals surface area (Å²) in [5.74, 6) is 0. The Morgan fingerprint density at radius 3 is 2.55 bits per heavy atom. The highest BCUT2D eigenvalue weighted by atomic mass is 16.3. The number of nitrogens with zero attached hydrogens (tertiary/aromatic N) is 2. The second-order valence-electron chi connectivity index (χ2n) is 5.01. The van der Waals surface area contributed by atoms with E-state index in [9.17, 15) is 5.11 Å². The summed E-state index contributed by atoms with van der Waals surface area (Å²) in [4.78, 5) is 6.24. The third-order valence-electron chi connectivity index (χ3n) is 3.58. The van der Waals surface area contributed by atoms with Crippen molar-refractivity contribution in [2.45, 2.75) is 25.9 Å². The van der Waals surface area contributed by atoms with Gasteiger partial charge in [0.05, 0.1) is 6.10 Å². The number of hydrogen-bond acceptors (Lipinski definition) is 3. The Bertz CT molecular complexity index is 528. The second kappa shape index (κ2) is 7.06. The SMILES string of the molecule is CCC(O)c1ccccc1N(C)CCc1ccncc1. The van der Waals surface area contributed by atoms with Gasteiger partial charge in [0.2, 0.25) is 0 Å². The Morgan fingerprint density at radius 1 is 1.15 bits per heavy atom. The molecule has 0 amide bonds. The summed E-state index contributed by atoms with van der Waals surface area (Å²) in [6.07, 6.45) is 4.95. The van der Waals surface area contributed by atoms with Crippen molar-refractivity contribution in [3.63, 3.8) is 0 Å². The Kier molecular flexibility index (Phi) is 5.13. The minimum atomic E-state index is -0.394. The summed E-state index contributed by atoms with van der Waals surface area (Å²) in [5, 5.41) is 10.1. The monoisotopic (exact) mass is 270 g/mol. The minimum absolute atomic E-state index is 0.394. The van der Waals surface area contributed by atoms with Gasteiger partial charge in [0.25, 0.3) is 0 Å². The number of para-hydroxylation sites is 1. The molecular weight excluding hydrogens is 248 g/mol. The number of aliphatic hydroxyl groups excluding tert-OH is 1. The molecule has 0 aliphatic carbocycles. The molecule has 0 aliphatic heterocycles. The molecule has 3 nitrogen and oxygen atoms in total. The fraction of sp³-hybridized carbons (Fsp3) is 0.353. The lowest BCUT2D eigenvalue weighted by atomic mass is 10.0. The van der Waals surface area contributed by atoms with Crippen LogP contribution in [0.25, 0.3) is 0 Å². The smallest absolute Gasteiger partial charge is 0.0807 e. The maximum Gasteiger partial charge on any atom is 0.0807 e. The summed E-state index contributed by atoms with van der Waals surface area (Å²) in [6, 6.07) is 12.2. The van der Waals surface area contributed by atoms with Crippen molar-refractivity contribution in [3.05, 3.63) is 59.9 Å². The normalized spacial score (nSPS) is 12.2. The Hall–Kier alpha value is -1.87. The molecule has 20 heavy (non-hydrogen) atoms. The van der Waals surface area contributed by atoms with Crippen LogP contribution in [0.2, 0.25) is 0 Å². The average molecular weight is 270 g/mol. The standard InChI is InChI=1S/C17H22N2O/c1-3-17(20)15-6-4-5-7-16(15)19(2)13-10-14-8-11-18-12-9-14/h4-9,11-12,17,20H,3,10,13H2,1-2H3. The molecule has 1 aromatic heterocycles. The molecule has 1 unspecified atom stereocenters. The van der Waals surface area contributed by atoms with E-state index >= 15 is 0 Å². The summed E-state index contributed by atoms with van der Waals surface area (Å²) < 4.78 is 0. The van der Waals surface area contributed by atoms with Gasteiger partial charge in [-0.15, -0.1) is 0 Å². The van der Waals surface area contributed by atoms with Crippen molar-refractivity contribution < 1.29 is 5.11 Å². The number of anilines is 1. The van der Waals surface area contributed by atoms with Crippen LogP contribution in [0.1, 0.15) is 30.6 Å². The van der Waals surface area contributed by atoms with E-state index in [-0.39, 0.29) is 0 Å². The van der Waals surface area contributed by atoms with Crippen LogP contribution in [0.5, 0.6) is 0 Å². The molecule has 0 radical (unpaired) electrons. The van der Waals surface area contributed by atoms with Crippen LogP contribution in [0.15, 0.2) is 48.8 Å². The summed E-state index contributed by atoms with van der Waals surface area (Å²) in [5.41, 5.74) is 3.39. The molecule has 3 heteroatoms. The zero-order chi connectivity index (χ0) is 14.4. The highest BCUT2D eigenvalue weighted by Crippen LogP contribution is 2.27. The van der Waals surface area contributed by atoms with E-state index in [0.717, 1.165) is 30.6 Å². The fourth-order valence-corrected chi connectivity index (χ4v) is 2.30. The maximum atomic E-state index is 10.1. The van der Waals surface area contributed by atoms with Crippen molar-refractivity contribution in [1.29, 1.82) is 0 Å². The predicted octanol–water partition coefficient (Wildman–Crippen LogP) is 3.20. The molecule has 2 aromatic rings. The topological polar surface area (TPSA) is 36.4 Å². The van der Waals surface area contributed by atoms with E-state index in [1.807, 2.05) is 49.6 Å². The van der Waals surface area contributed by atoms with Gasteiger partial charge < -0.3 is 10.0 Å². The Balaban J connectivity index is 2.07. The quantitative estimate of drug-likeness (QED) is 0.875. The van der Waals surface area contributed by atoms with E-state index in [1.165, 1.54) is 5.56 Å². The zero-order valence-electron chi connectivity index (χ0n) is 12.2. The van der Waals surface area contributed by atoms with Gasteiger partial charge in [0.1, 0.15) is 0 Å². The lowest BCUT2D eigenvalue weighted by Crippen LogP contribution is -2.22. The number of pyridine rings is 1. The molecule has 1 heterocycles. The molecule has 1 N–H and O–H groups in total. The van der Waals surface area contributed by atoms with Gasteiger partial charge in [-0.05, 0) is 36.6 Å². The highest BCUT2D eigenvalue weighted by molar-refractivity contribution is 5.54. The van der Waals surface area contributed by atoms with Gasteiger partial charge >= 0.3 is 0 Å². The van der Waals surface area contributed by atoms with E-state index in [0.29, 0.717) is 0 Å². The first-order valence-corrected chi connectivity index (χ1v) is 7.09. The molecule has 0 aliphatic rings. The van der Waals surface area contributed by atoms with Crippen molar-refractivity contribution in [2.75, 3.05) is 18.5 Å². The molecule has 1 aromatic carbocycles. The van der Waals surface area contributed by atoms with Gasteiger partial charge in [-0.2, -0.15) is 0 Å². The number of hydrogen-bond donors (Lipinski definition) is 1. The number of aliphatic hydroxyl groups is 1. The lowest BCUT2D eigenvalue weighted by molar-refractivity contribution is 0.174. The minimum Gasteiger partial charge on any atom is -0.388 e. The average Bonchev–Trinajstić information content (AvgIpc) is 2.52. The van der Waals surface area contributed by atoms with Crippen molar-refractivity contribution in [3.8, 4) is 0 Å².